The van der Waals surface area contributed by atoms with Crippen LogP contribution in [0.25, 0.3) is 0 Å². The zero-order chi connectivity index (χ0) is 58.9. The summed E-state index contributed by atoms with van der Waals surface area (Å²) in [6.07, 6.45) is 0. The topological polar surface area (TPSA) is 286 Å². The summed E-state index contributed by atoms with van der Waals surface area (Å²) in [6, 6.07) is 29.9. The molecule has 4 aliphatic rings. The van der Waals surface area contributed by atoms with Gasteiger partial charge in [-0.2, -0.15) is 10.4 Å². The van der Waals surface area contributed by atoms with E-state index in [9.17, 15) is 28.8 Å². The number of H-pyrrole nitrogens is 2. The lowest BCUT2D eigenvalue weighted by atomic mass is 10.1. The number of ether oxygens (including phenoxy) is 3. The molecule has 436 valence electrons. The summed E-state index contributed by atoms with van der Waals surface area (Å²) >= 11 is 23.8. The maximum absolute atomic E-state index is 13.5. The molecule has 0 spiro atoms. The normalized spacial score (nSPS) is 13.1. The number of hydrogen-bond acceptors (Lipinski definition) is 16. The SMILES string of the molecule is CCOC(=O)c1n[nH]nc1C(=O)N1Cc2ccc(Cl)cc2C1.CCOC(=O)c1nnn(Cc2ccc(OC)cc2)c1C(=O)N1Cc2ccc(Cl)cc2C1.Cl.Clc1ccc2c(c1)CNC2.O=C(O)c1n[nH]nc1C(=O)N1Cc2ccc(Cl)cc2C1. The van der Waals surface area contributed by atoms with Crippen LogP contribution in [-0.2, 0) is 68.4 Å². The third-order valence-corrected chi connectivity index (χ3v) is 14.3. The average Bonchev–Trinajstić information content (AvgIpc) is 4.53. The van der Waals surface area contributed by atoms with Crippen LogP contribution < -0.4 is 10.1 Å². The number of hydrogen-bond donors (Lipinski definition) is 4. The number of aromatic carboxylic acids is 1. The molecule has 0 fully saturated rings. The van der Waals surface area contributed by atoms with Crippen molar-refractivity contribution in [2.75, 3.05) is 20.3 Å². The van der Waals surface area contributed by atoms with Crippen molar-refractivity contribution in [2.45, 2.75) is 72.8 Å². The van der Waals surface area contributed by atoms with E-state index in [1.165, 1.54) is 20.7 Å². The molecular weight excluding hydrogens is 1190 g/mol. The van der Waals surface area contributed by atoms with Gasteiger partial charge in [0.15, 0.2) is 17.1 Å². The highest BCUT2D eigenvalue weighted by molar-refractivity contribution is 6.31. The first-order chi connectivity index (χ1) is 40.0. The summed E-state index contributed by atoms with van der Waals surface area (Å²) in [4.78, 5) is 78.2. The molecule has 28 heteroatoms. The van der Waals surface area contributed by atoms with Crippen molar-refractivity contribution in [3.05, 3.63) is 201 Å². The second-order valence-electron chi connectivity index (χ2n) is 18.8. The first kappa shape index (κ1) is 61.6. The number of carbonyl (C=O) groups excluding carboxylic acids is 5. The molecule has 3 amide bonds. The van der Waals surface area contributed by atoms with Crippen LogP contribution in [0, 0.1) is 0 Å². The van der Waals surface area contributed by atoms with Crippen LogP contribution >= 0.6 is 58.8 Å². The largest absolute Gasteiger partial charge is 0.497 e. The number of esters is 2. The Morgan fingerprint density at radius 3 is 1.39 bits per heavy atom. The Morgan fingerprint density at radius 2 is 0.917 bits per heavy atom. The molecule has 3 aromatic heterocycles. The van der Waals surface area contributed by atoms with E-state index in [1.54, 1.807) is 55.0 Å². The first-order valence-electron chi connectivity index (χ1n) is 25.6. The van der Waals surface area contributed by atoms with Crippen molar-refractivity contribution in [3.8, 4) is 5.75 Å². The lowest BCUT2D eigenvalue weighted by Gasteiger charge is -2.17. The third-order valence-electron chi connectivity index (χ3n) is 13.4. The van der Waals surface area contributed by atoms with Crippen molar-refractivity contribution in [2.24, 2.45) is 0 Å². The second-order valence-corrected chi connectivity index (χ2v) is 20.6. The highest BCUT2D eigenvalue weighted by Gasteiger charge is 2.35. The molecule has 8 aromatic rings. The summed E-state index contributed by atoms with van der Waals surface area (Å²) in [5, 5.41) is 42.0. The van der Waals surface area contributed by atoms with Crippen molar-refractivity contribution >= 4 is 94.4 Å². The van der Waals surface area contributed by atoms with E-state index in [4.69, 9.17) is 65.7 Å². The maximum Gasteiger partial charge on any atom is 0.361 e. The van der Waals surface area contributed by atoms with Gasteiger partial charge in [0.1, 0.15) is 5.75 Å². The number of nitrogens with one attached hydrogen (secondary N) is 3. The predicted molar refractivity (Wildman–Crippen MR) is 308 cm³/mol. The fourth-order valence-electron chi connectivity index (χ4n) is 9.36. The Labute approximate surface area is 505 Å². The van der Waals surface area contributed by atoms with Gasteiger partial charge in [0, 0.05) is 72.4 Å². The minimum Gasteiger partial charge on any atom is -0.497 e. The Kier molecular flexibility index (Phi) is 20.4. The second kappa shape index (κ2) is 27.8. The Hall–Kier alpha value is -8.45. The van der Waals surface area contributed by atoms with Crippen LogP contribution in [-0.4, -0.2) is 122 Å². The zero-order valence-electron chi connectivity index (χ0n) is 45.0. The standard InChI is InChI=1S/C22H21ClN4O4.C14H13ClN4O3.C12H9ClN4O3.C8H8ClN.ClH/c1-3-31-22(29)19-20(21(28)26-12-15-6-7-17(23)10-16(15)13-26)27(25-24-19)11-14-4-8-18(30-2)9-5-14;1-2-22-14(21)12-11(16-18-17-12)13(20)19-6-8-3-4-10(15)5-9(8)7-19;13-8-2-1-6-4-17(5-7(6)3-8)11(18)9-10(12(19)20)15-16-14-9;9-8-2-1-6-4-10-5-7(6)3-8;/h4-10H,3,11-13H2,1-2H3;3-5H,2,6-7H2,1H3,(H,16,17,18);1-3H,4-5H2,(H,19,20)(H,14,15,16);1-3,10H,4-5H2;1H. The molecule has 84 heavy (non-hydrogen) atoms. The fourth-order valence-corrected chi connectivity index (χ4v) is 10.1. The molecule has 0 aliphatic carbocycles. The van der Waals surface area contributed by atoms with Crippen LogP contribution in [0.4, 0.5) is 0 Å². The van der Waals surface area contributed by atoms with Crippen LogP contribution in [0.1, 0.15) is 127 Å². The molecule has 0 unspecified atom stereocenters. The van der Waals surface area contributed by atoms with Crippen LogP contribution in [0.15, 0.2) is 97.1 Å². The number of carboxylic acid groups (broad SMARTS) is 1. The van der Waals surface area contributed by atoms with Crippen LogP contribution in [0.3, 0.4) is 0 Å². The minimum atomic E-state index is -1.29. The summed E-state index contributed by atoms with van der Waals surface area (Å²) in [6.45, 7) is 8.43. The van der Waals surface area contributed by atoms with Gasteiger partial charge in [0.25, 0.3) is 17.7 Å². The molecule has 0 atom stereocenters. The fraction of sp³-hybridized carbons (Fsp3) is 0.250. The zero-order valence-corrected chi connectivity index (χ0v) is 48.9. The molecule has 0 radical (unpaired) electrons. The van der Waals surface area contributed by atoms with Gasteiger partial charge in [0.2, 0.25) is 17.1 Å². The van der Waals surface area contributed by atoms with E-state index >= 15 is 0 Å². The molecule has 7 heterocycles. The highest BCUT2D eigenvalue weighted by Crippen LogP contribution is 2.31. The number of carboxylic acids is 1. The third kappa shape index (κ3) is 14.3. The lowest BCUT2D eigenvalue weighted by Crippen LogP contribution is -2.30. The van der Waals surface area contributed by atoms with E-state index in [2.05, 4.69) is 52.5 Å². The summed E-state index contributed by atoms with van der Waals surface area (Å²) in [7, 11) is 1.59. The molecule has 5 aromatic carbocycles. The van der Waals surface area contributed by atoms with Crippen LogP contribution in [0.5, 0.6) is 5.75 Å². The van der Waals surface area contributed by atoms with Gasteiger partial charge >= 0.3 is 17.9 Å². The molecule has 4 aliphatic heterocycles. The van der Waals surface area contributed by atoms with E-state index < -0.39 is 23.8 Å². The van der Waals surface area contributed by atoms with Gasteiger partial charge in [-0.25, -0.2) is 19.1 Å². The molecule has 23 nitrogen and oxygen atoms in total. The number of fused-ring (bicyclic) bond motifs is 4. The smallest absolute Gasteiger partial charge is 0.361 e. The number of carbonyl (C=O) groups is 6. The van der Waals surface area contributed by atoms with Gasteiger partial charge in [-0.05, 0) is 125 Å². The Balaban J connectivity index is 0.000000154. The number of methoxy groups -OCH3 is 1. The molecule has 0 bridgehead atoms. The minimum absolute atomic E-state index is 0. The number of halogens is 5. The van der Waals surface area contributed by atoms with E-state index in [0.717, 1.165) is 62.8 Å². The Morgan fingerprint density at radius 1 is 0.512 bits per heavy atom. The van der Waals surface area contributed by atoms with Gasteiger partial charge in [-0.1, -0.05) is 88.0 Å². The summed E-state index contributed by atoms with van der Waals surface area (Å²) < 4.78 is 16.6. The quantitative estimate of drug-likeness (QED) is 0.0880. The van der Waals surface area contributed by atoms with Crippen molar-refractivity contribution in [3.63, 3.8) is 0 Å². The molecule has 12 rings (SSSR count). The van der Waals surface area contributed by atoms with Gasteiger partial charge in [-0.15, -0.1) is 37.9 Å². The average molecular weight is 1240 g/mol. The molecule has 0 saturated carbocycles. The lowest BCUT2D eigenvalue weighted by molar-refractivity contribution is 0.0504. The van der Waals surface area contributed by atoms with E-state index in [0.29, 0.717) is 54.3 Å². The van der Waals surface area contributed by atoms with E-state index in [-0.39, 0.29) is 78.1 Å². The van der Waals surface area contributed by atoms with Crippen molar-refractivity contribution in [1.29, 1.82) is 0 Å². The number of aromatic amines is 2. The molecule has 4 N–H and O–H groups in total. The van der Waals surface area contributed by atoms with Crippen molar-refractivity contribution in [1.82, 2.24) is 65.8 Å². The van der Waals surface area contributed by atoms with E-state index in [1.807, 2.05) is 66.7 Å². The predicted octanol–water partition coefficient (Wildman–Crippen LogP) is 8.79. The monoisotopic (exact) mass is 1240 g/mol. The van der Waals surface area contributed by atoms with Gasteiger partial charge in [0.05, 0.1) is 26.9 Å². The number of aromatic nitrogens is 9. The number of rotatable bonds is 11. The number of nitrogens with zero attached hydrogens (tertiary/aromatic N) is 10. The van der Waals surface area contributed by atoms with Crippen LogP contribution in [0.2, 0.25) is 20.1 Å². The summed E-state index contributed by atoms with van der Waals surface area (Å²) in [5.41, 5.74) is 8.89. The Bertz CT molecular complexity index is 3760. The molecule has 0 saturated heterocycles. The maximum atomic E-state index is 13.5. The molecular formula is C56H52Cl5N13O10. The summed E-state index contributed by atoms with van der Waals surface area (Å²) in [5.74, 6) is -3.09. The van der Waals surface area contributed by atoms with Crippen molar-refractivity contribution < 1.29 is 48.1 Å². The number of amides is 3. The first-order valence-corrected chi connectivity index (χ1v) is 27.2. The van der Waals surface area contributed by atoms with Gasteiger partial charge < -0.3 is 39.3 Å². The highest BCUT2D eigenvalue weighted by atomic mass is 35.5. The van der Waals surface area contributed by atoms with Gasteiger partial charge in [-0.3, -0.25) is 14.4 Å². The number of benzene rings is 5.